The molecular formula is C19H27N5O2S. The molecule has 0 spiro atoms. The number of nitrogens with zero attached hydrogens (tertiary/aromatic N) is 4. The molecule has 1 amide bonds. The number of benzene rings is 1. The van der Waals surface area contributed by atoms with Crippen molar-refractivity contribution >= 4 is 23.4 Å². The predicted molar refractivity (Wildman–Crippen MR) is 107 cm³/mol. The number of aromatic nitrogens is 3. The molecule has 1 aromatic heterocycles. The molecule has 1 aliphatic rings. The molecule has 0 bridgehead atoms. The second-order valence-corrected chi connectivity index (χ2v) is 7.87. The van der Waals surface area contributed by atoms with E-state index < -0.39 is 0 Å². The second-order valence-electron chi connectivity index (χ2n) is 6.93. The van der Waals surface area contributed by atoms with E-state index in [0.29, 0.717) is 11.7 Å². The maximum absolute atomic E-state index is 12.4. The van der Waals surface area contributed by atoms with Crippen LogP contribution < -0.4 is 5.32 Å². The molecule has 1 aromatic carbocycles. The van der Waals surface area contributed by atoms with Gasteiger partial charge in [0, 0.05) is 25.8 Å². The van der Waals surface area contributed by atoms with E-state index in [9.17, 15) is 4.79 Å². The van der Waals surface area contributed by atoms with Gasteiger partial charge >= 0.3 is 0 Å². The van der Waals surface area contributed by atoms with Crippen molar-refractivity contribution in [2.45, 2.75) is 31.5 Å². The highest BCUT2D eigenvalue weighted by molar-refractivity contribution is 7.99. The molecule has 0 saturated carbocycles. The fourth-order valence-corrected chi connectivity index (χ4v) is 3.73. The Morgan fingerprint density at radius 1 is 1.26 bits per heavy atom. The average Bonchev–Trinajstić information content (AvgIpc) is 3.01. The first-order chi connectivity index (χ1) is 13.0. The third kappa shape index (κ3) is 5.31. The topological polar surface area (TPSA) is 72.3 Å². The number of morpholine rings is 1. The van der Waals surface area contributed by atoms with E-state index in [4.69, 9.17) is 4.74 Å². The number of rotatable bonds is 7. The quantitative estimate of drug-likeness (QED) is 0.734. The van der Waals surface area contributed by atoms with E-state index in [1.54, 1.807) is 0 Å². The Morgan fingerprint density at radius 2 is 2.00 bits per heavy atom. The van der Waals surface area contributed by atoms with Crippen LogP contribution in [0.2, 0.25) is 0 Å². The zero-order valence-electron chi connectivity index (χ0n) is 16.1. The largest absolute Gasteiger partial charge is 0.379 e. The third-order valence-electron chi connectivity index (χ3n) is 4.58. The van der Waals surface area contributed by atoms with E-state index in [2.05, 4.69) is 34.3 Å². The number of anilines is 1. The third-order valence-corrected chi connectivity index (χ3v) is 5.60. The molecule has 3 rings (SSSR count). The van der Waals surface area contributed by atoms with Crippen molar-refractivity contribution in [2.24, 2.45) is 7.05 Å². The van der Waals surface area contributed by atoms with Crippen LogP contribution in [0.3, 0.4) is 0 Å². The van der Waals surface area contributed by atoms with Crippen molar-refractivity contribution in [3.8, 4) is 0 Å². The van der Waals surface area contributed by atoms with Crippen molar-refractivity contribution < 1.29 is 9.53 Å². The number of carbonyl (C=O) groups excluding carboxylic acids is 1. The van der Waals surface area contributed by atoms with Crippen LogP contribution in [0.15, 0.2) is 29.4 Å². The van der Waals surface area contributed by atoms with Crippen LogP contribution >= 0.6 is 11.8 Å². The SMILES string of the molecule is CC(C)c1ccccc1NC(=O)CSc1nnc(CN2CCOCC2)n1C. The van der Waals surface area contributed by atoms with Crippen molar-refractivity contribution in [3.05, 3.63) is 35.7 Å². The summed E-state index contributed by atoms with van der Waals surface area (Å²) in [6.07, 6.45) is 0. The van der Waals surface area contributed by atoms with E-state index >= 15 is 0 Å². The van der Waals surface area contributed by atoms with Crippen molar-refractivity contribution in [2.75, 3.05) is 37.4 Å². The highest BCUT2D eigenvalue weighted by atomic mass is 32.2. The molecule has 27 heavy (non-hydrogen) atoms. The predicted octanol–water partition coefficient (Wildman–Crippen LogP) is 2.50. The van der Waals surface area contributed by atoms with Gasteiger partial charge in [-0.25, -0.2) is 0 Å². The minimum atomic E-state index is -0.0363. The van der Waals surface area contributed by atoms with Gasteiger partial charge in [0.2, 0.25) is 5.91 Å². The normalized spacial score (nSPS) is 15.3. The van der Waals surface area contributed by atoms with Gasteiger partial charge in [0.25, 0.3) is 0 Å². The number of thioether (sulfide) groups is 1. The molecule has 0 unspecified atom stereocenters. The Bertz CT molecular complexity index is 771. The maximum atomic E-state index is 12.4. The summed E-state index contributed by atoms with van der Waals surface area (Å²) in [5.41, 5.74) is 2.02. The van der Waals surface area contributed by atoms with Crippen LogP contribution in [0, 0.1) is 0 Å². The lowest BCUT2D eigenvalue weighted by Gasteiger charge is -2.25. The first kappa shape index (κ1) is 19.9. The Morgan fingerprint density at radius 3 is 2.74 bits per heavy atom. The molecule has 1 fully saturated rings. The van der Waals surface area contributed by atoms with Gasteiger partial charge in [-0.15, -0.1) is 10.2 Å². The molecule has 8 heteroatoms. The number of para-hydroxylation sites is 1. The van der Waals surface area contributed by atoms with E-state index in [1.165, 1.54) is 11.8 Å². The van der Waals surface area contributed by atoms with Gasteiger partial charge in [-0.1, -0.05) is 43.8 Å². The number of carbonyl (C=O) groups is 1. The van der Waals surface area contributed by atoms with E-state index in [-0.39, 0.29) is 5.91 Å². The second kappa shape index (κ2) is 9.34. The van der Waals surface area contributed by atoms with Crippen LogP contribution in [-0.4, -0.2) is 57.6 Å². The Kier molecular flexibility index (Phi) is 6.87. The van der Waals surface area contributed by atoms with Crippen LogP contribution in [0.25, 0.3) is 0 Å². The van der Waals surface area contributed by atoms with Crippen LogP contribution in [0.1, 0.15) is 31.2 Å². The number of nitrogens with one attached hydrogen (secondary N) is 1. The summed E-state index contributed by atoms with van der Waals surface area (Å²) in [7, 11) is 1.95. The lowest BCUT2D eigenvalue weighted by Crippen LogP contribution is -2.36. The summed E-state index contributed by atoms with van der Waals surface area (Å²) in [5, 5.41) is 12.3. The molecule has 0 aliphatic carbocycles. The maximum Gasteiger partial charge on any atom is 0.234 e. The summed E-state index contributed by atoms with van der Waals surface area (Å²) < 4.78 is 7.34. The first-order valence-corrected chi connectivity index (χ1v) is 10.2. The molecule has 2 heterocycles. The van der Waals surface area contributed by atoms with Gasteiger partial charge in [0.15, 0.2) is 5.16 Å². The zero-order chi connectivity index (χ0) is 19.2. The summed E-state index contributed by atoms with van der Waals surface area (Å²) in [6, 6.07) is 7.93. The van der Waals surface area contributed by atoms with Gasteiger partial charge in [-0.2, -0.15) is 0 Å². The smallest absolute Gasteiger partial charge is 0.234 e. The first-order valence-electron chi connectivity index (χ1n) is 9.24. The minimum absolute atomic E-state index is 0.0363. The molecule has 0 radical (unpaired) electrons. The summed E-state index contributed by atoms with van der Waals surface area (Å²) in [4.78, 5) is 14.7. The molecule has 146 valence electrons. The molecule has 1 N–H and O–H groups in total. The van der Waals surface area contributed by atoms with Crippen LogP contribution in [0.5, 0.6) is 0 Å². The molecule has 1 aliphatic heterocycles. The molecule has 7 nitrogen and oxygen atoms in total. The average molecular weight is 390 g/mol. The number of ether oxygens (including phenoxy) is 1. The Hall–Kier alpha value is -1.90. The van der Waals surface area contributed by atoms with Gasteiger partial charge < -0.3 is 14.6 Å². The van der Waals surface area contributed by atoms with Crippen molar-refractivity contribution in [3.63, 3.8) is 0 Å². The minimum Gasteiger partial charge on any atom is -0.379 e. The highest BCUT2D eigenvalue weighted by Gasteiger charge is 2.17. The molecular weight excluding hydrogens is 362 g/mol. The molecule has 1 saturated heterocycles. The van der Waals surface area contributed by atoms with Gasteiger partial charge in [-0.05, 0) is 17.5 Å². The highest BCUT2D eigenvalue weighted by Crippen LogP contribution is 2.24. The summed E-state index contributed by atoms with van der Waals surface area (Å²) >= 11 is 1.41. The molecule has 0 atom stereocenters. The van der Waals surface area contributed by atoms with Gasteiger partial charge in [0.05, 0.1) is 25.5 Å². The monoisotopic (exact) mass is 389 g/mol. The lowest BCUT2D eigenvalue weighted by atomic mass is 10.0. The molecule has 2 aromatic rings. The summed E-state index contributed by atoms with van der Waals surface area (Å²) in [5.74, 6) is 1.53. The van der Waals surface area contributed by atoms with Gasteiger partial charge in [-0.3, -0.25) is 9.69 Å². The standard InChI is InChI=1S/C19H27N5O2S/c1-14(2)15-6-4-5-7-16(15)20-18(25)13-27-19-22-21-17(23(19)3)12-24-8-10-26-11-9-24/h4-7,14H,8-13H2,1-3H3,(H,20,25). The number of amides is 1. The fraction of sp³-hybridized carbons (Fsp3) is 0.526. The Balaban J connectivity index is 1.55. The van der Waals surface area contributed by atoms with Gasteiger partial charge in [0.1, 0.15) is 5.82 Å². The van der Waals surface area contributed by atoms with E-state index in [1.807, 2.05) is 35.9 Å². The van der Waals surface area contributed by atoms with Crippen LogP contribution in [-0.2, 0) is 23.1 Å². The number of hydrogen-bond acceptors (Lipinski definition) is 6. The Labute approximate surface area is 164 Å². The van der Waals surface area contributed by atoms with Crippen molar-refractivity contribution in [1.29, 1.82) is 0 Å². The lowest BCUT2D eigenvalue weighted by molar-refractivity contribution is -0.113. The van der Waals surface area contributed by atoms with Crippen molar-refractivity contribution in [1.82, 2.24) is 19.7 Å². The van der Waals surface area contributed by atoms with E-state index in [0.717, 1.165) is 55.1 Å². The fourth-order valence-electron chi connectivity index (χ4n) is 3.00. The summed E-state index contributed by atoms with van der Waals surface area (Å²) in [6.45, 7) is 8.33. The zero-order valence-corrected chi connectivity index (χ0v) is 17.0. The van der Waals surface area contributed by atoms with Crippen LogP contribution in [0.4, 0.5) is 5.69 Å². The number of hydrogen-bond donors (Lipinski definition) is 1.